The van der Waals surface area contributed by atoms with Gasteiger partial charge in [0.05, 0.1) is 5.60 Å². The average Bonchev–Trinajstić information content (AvgIpc) is 2.48. The maximum absolute atomic E-state index is 13.2. The quantitative estimate of drug-likeness (QED) is 0.671. The Kier molecular flexibility index (Phi) is 8.84. The first-order valence-corrected chi connectivity index (χ1v) is 7.59. The molecule has 1 unspecified atom stereocenters. The van der Waals surface area contributed by atoms with Gasteiger partial charge in [-0.1, -0.05) is 60.2 Å². The number of hydrogen-bond donors (Lipinski definition) is 0. The summed E-state index contributed by atoms with van der Waals surface area (Å²) in [6.45, 7) is 6.21. The Hall–Kier alpha value is -0.860. The Labute approximate surface area is 128 Å². The van der Waals surface area contributed by atoms with E-state index in [-0.39, 0.29) is 11.2 Å². The number of methoxy groups -OCH3 is 1. The number of alkyl halides is 2. The van der Waals surface area contributed by atoms with Crippen molar-refractivity contribution in [2.24, 2.45) is 0 Å². The first kappa shape index (κ1) is 20.1. The molecule has 0 radical (unpaired) electrons. The molecule has 0 aliphatic carbocycles. The minimum atomic E-state index is -2.87. The van der Waals surface area contributed by atoms with Crippen LogP contribution in [-0.4, -0.2) is 13.9 Å². The third-order valence-electron chi connectivity index (χ3n) is 3.49. The summed E-state index contributed by atoms with van der Waals surface area (Å²) >= 11 is 0. The van der Waals surface area contributed by atoms with Gasteiger partial charge in [0, 0.05) is 12.7 Å². The molecule has 0 amide bonds. The van der Waals surface area contributed by atoms with E-state index in [1.165, 1.54) is 12.1 Å². The largest absolute Gasteiger partial charge is 0.374 e. The molecule has 0 aliphatic rings. The fourth-order valence-corrected chi connectivity index (χ4v) is 2.73. The maximum Gasteiger partial charge on any atom is 0.283 e. The molecule has 120 valence electrons. The molecule has 0 spiro atoms. The minimum Gasteiger partial charge on any atom is -0.374 e. The zero-order valence-electron chi connectivity index (χ0n) is 13.0. The fraction of sp³-hybridized carbons (Fsp3) is 0.562. The highest BCUT2D eigenvalue weighted by Gasteiger charge is 2.31. The predicted molar refractivity (Wildman–Crippen MR) is 85.7 cm³/mol. The van der Waals surface area contributed by atoms with Crippen LogP contribution >= 0.6 is 9.24 Å². The summed E-state index contributed by atoms with van der Waals surface area (Å²) in [6, 6.07) is 6.51. The van der Waals surface area contributed by atoms with Gasteiger partial charge in [0.2, 0.25) is 0 Å². The summed E-state index contributed by atoms with van der Waals surface area (Å²) in [5.74, 6) is 0. The van der Waals surface area contributed by atoms with Gasteiger partial charge in [-0.05, 0) is 18.4 Å². The van der Waals surface area contributed by atoms with E-state index in [0.717, 1.165) is 31.2 Å². The Bertz CT molecular complexity index is 396. The van der Waals surface area contributed by atoms with Gasteiger partial charge < -0.3 is 9.53 Å². The lowest BCUT2D eigenvalue weighted by Gasteiger charge is -2.33. The molecular formula is C16H25F2O2P. The predicted octanol–water partition coefficient (Wildman–Crippen LogP) is 4.87. The Balaban J connectivity index is 0.00000191. The summed E-state index contributed by atoms with van der Waals surface area (Å²) in [4.78, 5) is 8.00. The summed E-state index contributed by atoms with van der Waals surface area (Å²) < 4.78 is 32.1. The summed E-state index contributed by atoms with van der Waals surface area (Å²) in [6.07, 6.45) is 3.78. The van der Waals surface area contributed by atoms with Gasteiger partial charge >= 0.3 is 0 Å². The molecular weight excluding hydrogens is 293 g/mol. The molecule has 0 heterocycles. The van der Waals surface area contributed by atoms with Crippen LogP contribution in [0.4, 0.5) is 8.78 Å². The normalized spacial score (nSPS) is 11.7. The van der Waals surface area contributed by atoms with Crippen LogP contribution in [-0.2, 0) is 20.8 Å². The van der Waals surface area contributed by atoms with Crippen LogP contribution in [0.1, 0.15) is 50.7 Å². The number of carbonyl (C=O) groups is 1. The van der Waals surface area contributed by atoms with Gasteiger partial charge in [0.15, 0.2) is 0 Å². The number of halogens is 2. The number of rotatable bonds is 7. The van der Waals surface area contributed by atoms with Gasteiger partial charge in [-0.15, -0.1) is 0 Å². The van der Waals surface area contributed by atoms with Crippen LogP contribution < -0.4 is 0 Å². The molecule has 0 saturated heterocycles. The molecule has 0 aliphatic heterocycles. The molecule has 21 heavy (non-hydrogen) atoms. The van der Waals surface area contributed by atoms with Crippen LogP contribution in [0.5, 0.6) is 0 Å². The van der Waals surface area contributed by atoms with E-state index in [0.29, 0.717) is 0 Å². The monoisotopic (exact) mass is 318 g/mol. The number of carbonyl (C=O) groups excluding carboxylic acids is 1. The molecule has 1 rings (SSSR count). The lowest BCUT2D eigenvalue weighted by molar-refractivity contribution is -0.0980. The van der Waals surface area contributed by atoms with E-state index in [4.69, 9.17) is 9.53 Å². The molecule has 0 N–H and O–H groups in total. The van der Waals surface area contributed by atoms with Crippen molar-refractivity contribution in [3.8, 4) is 0 Å². The van der Waals surface area contributed by atoms with Crippen molar-refractivity contribution in [2.75, 3.05) is 7.11 Å². The summed E-state index contributed by atoms with van der Waals surface area (Å²) in [5, 5.41) is 0. The summed E-state index contributed by atoms with van der Waals surface area (Å²) in [5.41, 5.74) is -2.22. The highest BCUT2D eigenvalue weighted by molar-refractivity contribution is 7.17. The third kappa shape index (κ3) is 5.44. The number of ether oxygens (including phenoxy) is 1. The first-order chi connectivity index (χ1) is 9.89. The van der Waals surface area contributed by atoms with Crippen molar-refractivity contribution in [3.63, 3.8) is 0 Å². The smallest absolute Gasteiger partial charge is 0.283 e. The lowest BCUT2D eigenvalue weighted by atomic mass is 9.84. The summed E-state index contributed by atoms with van der Waals surface area (Å²) in [7, 11) is 3.27. The van der Waals surface area contributed by atoms with Crippen LogP contribution in [0, 0.1) is 0 Å². The van der Waals surface area contributed by atoms with Crippen LogP contribution in [0.15, 0.2) is 24.3 Å². The van der Waals surface area contributed by atoms with Gasteiger partial charge in [-0.3, -0.25) is 0 Å². The molecule has 1 atom stereocenters. The van der Waals surface area contributed by atoms with Crippen LogP contribution in [0.2, 0.25) is 0 Å². The lowest BCUT2D eigenvalue weighted by Crippen LogP contribution is -2.28. The highest BCUT2D eigenvalue weighted by Crippen LogP contribution is 2.38. The Morgan fingerprint density at radius 2 is 1.43 bits per heavy atom. The number of benzene rings is 1. The van der Waals surface area contributed by atoms with Gasteiger partial charge in [0.1, 0.15) is 6.79 Å². The second kappa shape index (κ2) is 9.22. The SMILES string of the molecule is C=O.CCCC(CCC)(OC)c1ccc(C(F)(F)P)cc1. The van der Waals surface area contributed by atoms with Crippen molar-refractivity contribution in [1.29, 1.82) is 0 Å². The average molecular weight is 318 g/mol. The highest BCUT2D eigenvalue weighted by atomic mass is 31.0. The number of hydrogen-bond acceptors (Lipinski definition) is 2. The van der Waals surface area contributed by atoms with Crippen LogP contribution in [0.3, 0.4) is 0 Å². The van der Waals surface area contributed by atoms with E-state index >= 15 is 0 Å². The van der Waals surface area contributed by atoms with E-state index in [2.05, 4.69) is 13.8 Å². The van der Waals surface area contributed by atoms with E-state index < -0.39 is 5.66 Å². The van der Waals surface area contributed by atoms with Crippen molar-refractivity contribution < 1.29 is 18.3 Å². The van der Waals surface area contributed by atoms with E-state index in [1.54, 1.807) is 28.5 Å². The molecule has 0 aromatic heterocycles. The van der Waals surface area contributed by atoms with Gasteiger partial charge in [-0.25, -0.2) is 0 Å². The van der Waals surface area contributed by atoms with Crippen LogP contribution in [0.25, 0.3) is 0 Å². The standard InChI is InChI=1S/C15H23F2OP.CH2O/c1-4-10-14(18-3,11-5-2)12-6-8-13(9-7-12)15(16,17)19;1-2/h6-9H,4-5,10-11,19H2,1-3H3;1H2. The minimum absolute atomic E-state index is 0.0132. The van der Waals surface area contributed by atoms with E-state index in [1.807, 2.05) is 6.79 Å². The fourth-order valence-electron chi connectivity index (χ4n) is 2.54. The second-order valence-electron chi connectivity index (χ2n) is 4.90. The molecule has 0 bridgehead atoms. The first-order valence-electron chi connectivity index (χ1n) is 7.01. The van der Waals surface area contributed by atoms with Crippen molar-refractivity contribution >= 4 is 16.0 Å². The molecule has 5 heteroatoms. The Morgan fingerprint density at radius 1 is 1.05 bits per heavy atom. The third-order valence-corrected chi connectivity index (χ3v) is 3.83. The maximum atomic E-state index is 13.2. The van der Waals surface area contributed by atoms with Crippen molar-refractivity contribution in [3.05, 3.63) is 35.4 Å². The second-order valence-corrected chi connectivity index (χ2v) is 5.62. The van der Waals surface area contributed by atoms with Crippen molar-refractivity contribution in [1.82, 2.24) is 0 Å². The Morgan fingerprint density at radius 3 is 1.71 bits per heavy atom. The molecule has 1 aromatic rings. The van der Waals surface area contributed by atoms with Crippen molar-refractivity contribution in [2.45, 2.75) is 50.8 Å². The zero-order valence-corrected chi connectivity index (χ0v) is 14.1. The zero-order chi connectivity index (χ0) is 16.5. The topological polar surface area (TPSA) is 26.3 Å². The van der Waals surface area contributed by atoms with Gasteiger partial charge in [-0.2, -0.15) is 8.78 Å². The molecule has 1 aromatic carbocycles. The van der Waals surface area contributed by atoms with Gasteiger partial charge in [0.25, 0.3) is 5.66 Å². The molecule has 0 fully saturated rings. The molecule has 2 nitrogen and oxygen atoms in total. The van der Waals surface area contributed by atoms with E-state index in [9.17, 15) is 8.78 Å². The molecule has 0 saturated carbocycles.